The molecule has 0 saturated heterocycles. The number of aliphatic imine (C=N–C) groups is 1. The average molecular weight is 396 g/mol. The van der Waals surface area contributed by atoms with E-state index >= 15 is 0 Å². The van der Waals surface area contributed by atoms with E-state index in [1.807, 2.05) is 18.2 Å². The first-order valence-corrected chi connectivity index (χ1v) is 10.2. The maximum absolute atomic E-state index is 13.9. The van der Waals surface area contributed by atoms with Crippen LogP contribution < -0.4 is 5.73 Å². The molecule has 1 fully saturated rings. The van der Waals surface area contributed by atoms with Gasteiger partial charge >= 0.3 is 0 Å². The van der Waals surface area contributed by atoms with Gasteiger partial charge in [-0.3, -0.25) is 9.69 Å². The van der Waals surface area contributed by atoms with E-state index in [1.165, 1.54) is 0 Å². The molecule has 0 bridgehead atoms. The molecule has 1 unspecified atom stereocenters. The number of benzene rings is 1. The molecule has 7 heteroatoms. The molecule has 29 heavy (non-hydrogen) atoms. The van der Waals surface area contributed by atoms with Gasteiger partial charge < -0.3 is 15.2 Å². The third-order valence-electron chi connectivity index (χ3n) is 7.02. The second kappa shape index (κ2) is 7.43. The van der Waals surface area contributed by atoms with Crippen molar-refractivity contribution in [3.8, 4) is 6.07 Å². The van der Waals surface area contributed by atoms with Crippen LogP contribution in [-0.4, -0.2) is 50.2 Å². The van der Waals surface area contributed by atoms with Gasteiger partial charge in [-0.1, -0.05) is 12.5 Å². The standard InChI is InChI=1S/C22H28N4O3/c1-28-11-10-26-19(27)22(25-20(26)24)18-12-15(14-23)5-6-16(18)13-21(22)8-3-4-17(29-2)7-9-21/h5-6,12,17H,3-4,7-11,13H2,1-2H3,(H2,24,25)/t17-,21-,22?/m1/s1. The zero-order valence-corrected chi connectivity index (χ0v) is 17.1. The van der Waals surface area contributed by atoms with Gasteiger partial charge in [-0.25, -0.2) is 4.99 Å². The van der Waals surface area contributed by atoms with E-state index in [2.05, 4.69) is 6.07 Å². The number of ether oxygens (including phenoxy) is 2. The van der Waals surface area contributed by atoms with Crippen LogP contribution in [0.3, 0.4) is 0 Å². The van der Waals surface area contributed by atoms with Gasteiger partial charge in [-0.05, 0) is 55.4 Å². The number of carbonyl (C=O) groups excluding carboxylic acids is 1. The van der Waals surface area contributed by atoms with Crippen molar-refractivity contribution in [2.45, 2.75) is 50.2 Å². The fourth-order valence-corrected chi connectivity index (χ4v) is 5.56. The van der Waals surface area contributed by atoms with Gasteiger partial charge in [0.2, 0.25) is 0 Å². The number of rotatable bonds is 4. The Balaban J connectivity index is 1.85. The van der Waals surface area contributed by atoms with Crippen LogP contribution >= 0.6 is 0 Å². The molecule has 1 amide bonds. The van der Waals surface area contributed by atoms with Crippen molar-refractivity contribution in [2.75, 3.05) is 27.4 Å². The summed E-state index contributed by atoms with van der Waals surface area (Å²) in [6, 6.07) is 7.87. The van der Waals surface area contributed by atoms with E-state index in [0.29, 0.717) is 18.7 Å². The van der Waals surface area contributed by atoms with Gasteiger partial charge in [-0.15, -0.1) is 0 Å². The molecule has 2 aliphatic carbocycles. The number of nitrogens with zero attached hydrogens (tertiary/aromatic N) is 3. The molecular weight excluding hydrogens is 368 g/mol. The molecule has 1 aromatic rings. The summed E-state index contributed by atoms with van der Waals surface area (Å²) in [5.74, 6) is 0.158. The normalized spacial score (nSPS) is 31.1. The summed E-state index contributed by atoms with van der Waals surface area (Å²) < 4.78 is 10.8. The largest absolute Gasteiger partial charge is 0.383 e. The van der Waals surface area contributed by atoms with Crippen LogP contribution in [0.5, 0.6) is 0 Å². The van der Waals surface area contributed by atoms with E-state index in [0.717, 1.165) is 49.7 Å². The van der Waals surface area contributed by atoms with Crippen molar-refractivity contribution >= 4 is 11.9 Å². The number of hydrogen-bond donors (Lipinski definition) is 1. The summed E-state index contributed by atoms with van der Waals surface area (Å²) in [4.78, 5) is 20.3. The Morgan fingerprint density at radius 3 is 2.90 bits per heavy atom. The second-order valence-corrected chi connectivity index (χ2v) is 8.36. The maximum atomic E-state index is 13.9. The van der Waals surface area contributed by atoms with Gasteiger partial charge in [0.15, 0.2) is 11.5 Å². The minimum absolute atomic E-state index is 0.0863. The predicted molar refractivity (Wildman–Crippen MR) is 108 cm³/mol. The van der Waals surface area contributed by atoms with Crippen LogP contribution in [0.25, 0.3) is 0 Å². The van der Waals surface area contributed by atoms with Crippen molar-refractivity contribution in [1.29, 1.82) is 5.26 Å². The van der Waals surface area contributed by atoms with E-state index in [9.17, 15) is 10.1 Å². The first kappa shape index (κ1) is 19.9. The first-order valence-electron chi connectivity index (χ1n) is 10.2. The van der Waals surface area contributed by atoms with Crippen LogP contribution in [0.15, 0.2) is 23.2 Å². The lowest BCUT2D eigenvalue weighted by Gasteiger charge is -2.40. The zero-order chi connectivity index (χ0) is 20.6. The Hall–Kier alpha value is -2.43. The first-order chi connectivity index (χ1) is 14.0. The number of nitriles is 1. The molecule has 3 aliphatic rings. The third-order valence-corrected chi connectivity index (χ3v) is 7.02. The monoisotopic (exact) mass is 396 g/mol. The highest BCUT2D eigenvalue weighted by Crippen LogP contribution is 2.61. The predicted octanol–water partition coefficient (Wildman–Crippen LogP) is 2.08. The molecule has 1 heterocycles. The lowest BCUT2D eigenvalue weighted by atomic mass is 9.65. The van der Waals surface area contributed by atoms with Gasteiger partial charge in [0.1, 0.15) is 0 Å². The maximum Gasteiger partial charge on any atom is 0.262 e. The number of fused-ring (bicyclic) bond motifs is 3. The molecular formula is C22H28N4O3. The smallest absolute Gasteiger partial charge is 0.262 e. The van der Waals surface area contributed by atoms with Crippen molar-refractivity contribution in [3.05, 3.63) is 34.9 Å². The number of guanidine groups is 1. The summed E-state index contributed by atoms with van der Waals surface area (Å²) >= 11 is 0. The Labute approximate surface area is 171 Å². The topological polar surface area (TPSA) is 101 Å². The summed E-state index contributed by atoms with van der Waals surface area (Å²) in [6.45, 7) is 0.762. The lowest BCUT2D eigenvalue weighted by Crippen LogP contribution is -2.51. The fraction of sp³-hybridized carbons (Fsp3) is 0.591. The summed E-state index contributed by atoms with van der Waals surface area (Å²) in [7, 11) is 3.36. The van der Waals surface area contributed by atoms with E-state index in [1.54, 1.807) is 19.1 Å². The highest BCUT2D eigenvalue weighted by molar-refractivity contribution is 6.08. The van der Waals surface area contributed by atoms with E-state index in [4.69, 9.17) is 20.2 Å². The molecule has 4 rings (SSSR count). The number of methoxy groups -OCH3 is 2. The van der Waals surface area contributed by atoms with Crippen LogP contribution in [0.4, 0.5) is 0 Å². The lowest BCUT2D eigenvalue weighted by molar-refractivity contribution is -0.137. The van der Waals surface area contributed by atoms with E-state index in [-0.39, 0.29) is 23.4 Å². The van der Waals surface area contributed by atoms with Crippen molar-refractivity contribution in [3.63, 3.8) is 0 Å². The minimum Gasteiger partial charge on any atom is -0.383 e. The number of nitrogens with two attached hydrogens (primary N) is 1. The SMILES string of the molecule is COCCN1C(=O)C2(N=C1N)c1cc(C#N)ccc1C[C@]21CCC[C@@H](OC)CC1. The van der Waals surface area contributed by atoms with Gasteiger partial charge in [0.25, 0.3) is 5.91 Å². The summed E-state index contributed by atoms with van der Waals surface area (Å²) in [5.41, 5.74) is 7.36. The zero-order valence-electron chi connectivity index (χ0n) is 17.1. The van der Waals surface area contributed by atoms with E-state index < -0.39 is 5.54 Å². The molecule has 154 valence electrons. The van der Waals surface area contributed by atoms with Crippen molar-refractivity contribution in [2.24, 2.45) is 16.1 Å². The average Bonchev–Trinajstić information content (AvgIpc) is 3.02. The van der Waals surface area contributed by atoms with Gasteiger partial charge in [0.05, 0.1) is 30.9 Å². The summed E-state index contributed by atoms with van der Waals surface area (Å²) in [5, 5.41) is 9.46. The summed E-state index contributed by atoms with van der Waals surface area (Å²) in [6.07, 6.45) is 5.53. The third kappa shape index (κ3) is 2.85. The molecule has 1 saturated carbocycles. The van der Waals surface area contributed by atoms with Gasteiger partial charge in [0, 0.05) is 19.6 Å². The Kier molecular flexibility index (Phi) is 5.09. The highest BCUT2D eigenvalue weighted by atomic mass is 16.5. The van der Waals surface area contributed by atoms with Gasteiger partial charge in [-0.2, -0.15) is 5.26 Å². The minimum atomic E-state index is -1.06. The molecule has 2 N–H and O–H groups in total. The molecule has 3 atom stereocenters. The van der Waals surface area contributed by atoms with Crippen molar-refractivity contribution < 1.29 is 14.3 Å². The quantitative estimate of drug-likeness (QED) is 0.840. The number of hydrogen-bond acceptors (Lipinski definition) is 6. The Morgan fingerprint density at radius 2 is 2.17 bits per heavy atom. The van der Waals surface area contributed by atoms with Crippen LogP contribution in [0.1, 0.15) is 48.8 Å². The molecule has 2 spiro atoms. The fourth-order valence-electron chi connectivity index (χ4n) is 5.56. The molecule has 0 radical (unpaired) electrons. The molecule has 1 aromatic carbocycles. The van der Waals surface area contributed by atoms with Crippen LogP contribution in [-0.2, 0) is 26.2 Å². The van der Waals surface area contributed by atoms with Crippen molar-refractivity contribution in [1.82, 2.24) is 4.90 Å². The molecule has 0 aromatic heterocycles. The number of amides is 1. The number of carbonyl (C=O) groups is 1. The van der Waals surface area contributed by atoms with Crippen LogP contribution in [0, 0.1) is 16.7 Å². The second-order valence-electron chi connectivity index (χ2n) is 8.36. The van der Waals surface area contributed by atoms with Crippen LogP contribution in [0.2, 0.25) is 0 Å². The highest BCUT2D eigenvalue weighted by Gasteiger charge is 2.66. The Morgan fingerprint density at radius 1 is 1.34 bits per heavy atom. The molecule has 7 nitrogen and oxygen atoms in total. The Bertz CT molecular complexity index is 893. The molecule has 1 aliphatic heterocycles.